The fraction of sp³-hybridized carbons (Fsp3) is 0.630. The van der Waals surface area contributed by atoms with Crippen LogP contribution in [0.25, 0.3) is 0 Å². The molecule has 0 spiro atoms. The Hall–Kier alpha value is -2.42. The maximum absolute atomic E-state index is 11.3. The summed E-state index contributed by atoms with van der Waals surface area (Å²) in [5.41, 5.74) is 0.329. The molecule has 192 valence electrons. The van der Waals surface area contributed by atoms with E-state index in [9.17, 15) is 5.11 Å². The third kappa shape index (κ3) is 7.29. The van der Waals surface area contributed by atoms with Gasteiger partial charge in [-0.2, -0.15) is 0 Å². The van der Waals surface area contributed by atoms with Crippen molar-refractivity contribution in [1.82, 2.24) is 19.8 Å². The average molecular weight is 484 g/mol. The fourth-order valence-corrected chi connectivity index (χ4v) is 5.24. The van der Waals surface area contributed by atoms with Gasteiger partial charge in [-0.05, 0) is 75.5 Å². The zero-order chi connectivity index (χ0) is 24.7. The number of hydrogen-bond acceptors (Lipinski definition) is 8. The van der Waals surface area contributed by atoms with Gasteiger partial charge in [0.05, 0.1) is 19.3 Å². The first-order valence-corrected chi connectivity index (χ1v) is 12.9. The number of aromatic nitrogens is 2. The maximum Gasteiger partial charge on any atom is 0.225 e. The summed E-state index contributed by atoms with van der Waals surface area (Å²) in [5, 5.41) is 11.3. The van der Waals surface area contributed by atoms with Crippen molar-refractivity contribution in [2.24, 2.45) is 5.92 Å². The second-order valence-electron chi connectivity index (χ2n) is 10.3. The van der Waals surface area contributed by atoms with Crippen LogP contribution in [0.3, 0.4) is 0 Å². The van der Waals surface area contributed by atoms with Gasteiger partial charge < -0.3 is 19.5 Å². The Labute approximate surface area is 209 Å². The van der Waals surface area contributed by atoms with Crippen molar-refractivity contribution in [1.29, 1.82) is 0 Å². The molecule has 0 radical (unpaired) electrons. The summed E-state index contributed by atoms with van der Waals surface area (Å²) in [4.78, 5) is 15.4. The number of β-amino-alcohol motifs (C(OH)–C–C–N with tert-alkyl or cyclic N) is 1. The average Bonchev–Trinajstić information content (AvgIpc) is 2.86. The highest BCUT2D eigenvalue weighted by atomic mass is 16.5. The van der Waals surface area contributed by atoms with Gasteiger partial charge in [0.25, 0.3) is 0 Å². The molecular formula is C27H41N5O3. The standard InChI is InChI=1S/C27H41N5O3/c1-22-8-14-31(15-9-22)16-17-35-24-7-6-23(18-25(24)34-3)19-30(2)20-27(33)10-4-13-32(21-27)26-28-11-5-12-29-26/h5-7,11-12,18,22,33H,4,8-10,13-17,19-21H2,1-3H3. The van der Waals surface area contributed by atoms with Crippen molar-refractivity contribution in [2.45, 2.75) is 44.8 Å². The van der Waals surface area contributed by atoms with Crippen LogP contribution in [0.4, 0.5) is 5.95 Å². The Balaban J connectivity index is 1.28. The van der Waals surface area contributed by atoms with Crippen molar-refractivity contribution in [3.8, 4) is 11.5 Å². The third-order valence-electron chi connectivity index (χ3n) is 7.18. The molecule has 0 bridgehead atoms. The molecular weight excluding hydrogens is 442 g/mol. The summed E-state index contributed by atoms with van der Waals surface area (Å²) < 4.78 is 11.7. The highest BCUT2D eigenvalue weighted by Crippen LogP contribution is 2.30. The molecule has 1 aromatic carbocycles. The zero-order valence-corrected chi connectivity index (χ0v) is 21.5. The van der Waals surface area contributed by atoms with Crippen LogP contribution < -0.4 is 14.4 Å². The molecule has 3 heterocycles. The Morgan fingerprint density at radius 1 is 1.14 bits per heavy atom. The number of hydrogen-bond donors (Lipinski definition) is 1. The van der Waals surface area contributed by atoms with E-state index >= 15 is 0 Å². The van der Waals surface area contributed by atoms with E-state index in [-0.39, 0.29) is 0 Å². The van der Waals surface area contributed by atoms with Gasteiger partial charge >= 0.3 is 0 Å². The van der Waals surface area contributed by atoms with Crippen LogP contribution in [0.2, 0.25) is 0 Å². The summed E-state index contributed by atoms with van der Waals surface area (Å²) >= 11 is 0. The van der Waals surface area contributed by atoms with Crippen LogP contribution in [0, 0.1) is 5.92 Å². The molecule has 35 heavy (non-hydrogen) atoms. The number of ether oxygens (including phenoxy) is 2. The van der Waals surface area contributed by atoms with Crippen molar-refractivity contribution in [3.63, 3.8) is 0 Å². The molecule has 0 saturated carbocycles. The molecule has 2 fully saturated rings. The highest BCUT2D eigenvalue weighted by molar-refractivity contribution is 5.43. The van der Waals surface area contributed by atoms with Gasteiger partial charge in [-0.15, -0.1) is 0 Å². The number of likely N-dealkylation sites (tertiary alicyclic amines) is 1. The number of aliphatic hydroxyl groups is 1. The van der Waals surface area contributed by atoms with Crippen molar-refractivity contribution >= 4 is 5.95 Å². The Morgan fingerprint density at radius 3 is 2.66 bits per heavy atom. The number of likely N-dealkylation sites (N-methyl/N-ethyl adjacent to an activating group) is 1. The summed E-state index contributed by atoms with van der Waals surface area (Å²) in [6, 6.07) is 7.95. The molecule has 2 aliphatic rings. The molecule has 2 aromatic rings. The van der Waals surface area contributed by atoms with Crippen molar-refractivity contribution < 1.29 is 14.6 Å². The van der Waals surface area contributed by atoms with Gasteiger partial charge in [0, 0.05) is 38.6 Å². The van der Waals surface area contributed by atoms with E-state index in [1.165, 1.54) is 12.8 Å². The second-order valence-corrected chi connectivity index (χ2v) is 10.3. The first kappa shape index (κ1) is 25.7. The predicted octanol–water partition coefficient (Wildman–Crippen LogP) is 3.06. The summed E-state index contributed by atoms with van der Waals surface area (Å²) in [6.07, 6.45) is 7.73. The van der Waals surface area contributed by atoms with Crippen LogP contribution in [0.1, 0.15) is 38.2 Å². The molecule has 2 aliphatic heterocycles. The predicted molar refractivity (Wildman–Crippen MR) is 138 cm³/mol. The molecule has 2 saturated heterocycles. The van der Waals surface area contributed by atoms with Gasteiger partial charge in [0.15, 0.2) is 11.5 Å². The minimum absolute atomic E-state index is 0.535. The van der Waals surface area contributed by atoms with Crippen molar-refractivity contribution in [2.75, 3.05) is 64.9 Å². The van der Waals surface area contributed by atoms with Gasteiger partial charge in [-0.25, -0.2) is 9.97 Å². The number of rotatable bonds is 10. The van der Waals surface area contributed by atoms with Gasteiger partial charge in [-0.3, -0.25) is 9.80 Å². The van der Waals surface area contributed by atoms with E-state index in [2.05, 4.69) is 37.7 Å². The Bertz CT molecular complexity index is 922. The number of piperidine rings is 2. The second kappa shape index (κ2) is 12.0. The number of nitrogens with zero attached hydrogens (tertiary/aromatic N) is 5. The lowest BCUT2D eigenvalue weighted by molar-refractivity contribution is -0.00367. The third-order valence-corrected chi connectivity index (χ3v) is 7.18. The van der Waals surface area contributed by atoms with Crippen LogP contribution in [-0.4, -0.2) is 90.5 Å². The van der Waals surface area contributed by atoms with Gasteiger partial charge in [0.2, 0.25) is 5.95 Å². The van der Waals surface area contributed by atoms with E-state index in [4.69, 9.17) is 9.47 Å². The molecule has 0 amide bonds. The summed E-state index contributed by atoms with van der Waals surface area (Å²) in [5.74, 6) is 3.07. The SMILES string of the molecule is COc1cc(CN(C)CC2(O)CCCN(c3ncccn3)C2)ccc1OCCN1CCC(C)CC1. The lowest BCUT2D eigenvalue weighted by Gasteiger charge is -2.41. The quantitative estimate of drug-likeness (QED) is 0.553. The monoisotopic (exact) mass is 483 g/mol. The summed E-state index contributed by atoms with van der Waals surface area (Å²) in [7, 11) is 3.74. The normalized spacial score (nSPS) is 21.9. The van der Waals surface area contributed by atoms with E-state index in [1.54, 1.807) is 19.5 Å². The Morgan fingerprint density at radius 2 is 1.91 bits per heavy atom. The first-order chi connectivity index (χ1) is 16.9. The molecule has 1 aromatic heterocycles. The molecule has 4 rings (SSSR count). The molecule has 8 heteroatoms. The van der Waals surface area contributed by atoms with Crippen LogP contribution in [-0.2, 0) is 6.54 Å². The number of benzene rings is 1. The fourth-order valence-electron chi connectivity index (χ4n) is 5.24. The topological polar surface area (TPSA) is 74.2 Å². The van der Waals surface area contributed by atoms with E-state index in [0.29, 0.717) is 32.2 Å². The number of anilines is 1. The molecule has 8 nitrogen and oxygen atoms in total. The first-order valence-electron chi connectivity index (χ1n) is 12.9. The highest BCUT2D eigenvalue weighted by Gasteiger charge is 2.35. The minimum Gasteiger partial charge on any atom is -0.493 e. The van der Waals surface area contributed by atoms with Crippen LogP contribution in [0.15, 0.2) is 36.7 Å². The smallest absolute Gasteiger partial charge is 0.225 e. The molecule has 0 aliphatic carbocycles. The van der Waals surface area contributed by atoms with Crippen molar-refractivity contribution in [3.05, 3.63) is 42.2 Å². The maximum atomic E-state index is 11.3. The minimum atomic E-state index is -0.800. The molecule has 1 unspecified atom stereocenters. The summed E-state index contributed by atoms with van der Waals surface area (Å²) in [6.45, 7) is 8.96. The zero-order valence-electron chi connectivity index (χ0n) is 21.5. The molecule has 1 N–H and O–H groups in total. The number of methoxy groups -OCH3 is 1. The molecule has 1 atom stereocenters. The Kier molecular flexibility index (Phi) is 8.81. The van der Waals surface area contributed by atoms with Crippen LogP contribution in [0.5, 0.6) is 11.5 Å². The largest absolute Gasteiger partial charge is 0.493 e. The van der Waals surface area contributed by atoms with E-state index < -0.39 is 5.60 Å². The van der Waals surface area contributed by atoms with E-state index in [1.807, 2.05) is 25.2 Å². The lowest BCUT2D eigenvalue weighted by atomic mass is 9.92. The van der Waals surface area contributed by atoms with Crippen LogP contribution >= 0.6 is 0 Å². The van der Waals surface area contributed by atoms with Gasteiger partial charge in [0.1, 0.15) is 6.61 Å². The van der Waals surface area contributed by atoms with Gasteiger partial charge in [-0.1, -0.05) is 13.0 Å². The van der Waals surface area contributed by atoms with E-state index in [0.717, 1.165) is 62.0 Å². The lowest BCUT2D eigenvalue weighted by Crippen LogP contribution is -2.54.